The Kier molecular flexibility index (Phi) is 4.28. The van der Waals surface area contributed by atoms with Crippen LogP contribution in [0.5, 0.6) is 5.75 Å². The van der Waals surface area contributed by atoms with Gasteiger partial charge in [0.25, 0.3) is 0 Å². The SMILES string of the molecule is COc1c(Cl)ccc(-c2nc(C=O)c3c(n2)NC(C)C(C)N3)c1F. The number of fused-ring (bicyclic) bond motifs is 1. The van der Waals surface area contributed by atoms with Crippen LogP contribution in [0.15, 0.2) is 12.1 Å². The molecule has 0 bridgehead atoms. The number of methoxy groups -OCH3 is 1. The van der Waals surface area contributed by atoms with Gasteiger partial charge >= 0.3 is 0 Å². The summed E-state index contributed by atoms with van der Waals surface area (Å²) < 4.78 is 19.6. The van der Waals surface area contributed by atoms with E-state index >= 15 is 0 Å². The van der Waals surface area contributed by atoms with Gasteiger partial charge in [0, 0.05) is 12.1 Å². The maximum absolute atomic E-state index is 14.6. The van der Waals surface area contributed by atoms with Crippen molar-refractivity contribution in [2.75, 3.05) is 17.7 Å². The second kappa shape index (κ2) is 6.24. The molecule has 2 unspecified atom stereocenters. The minimum atomic E-state index is -0.674. The quantitative estimate of drug-likeness (QED) is 0.826. The zero-order valence-electron chi connectivity index (χ0n) is 13.4. The third kappa shape index (κ3) is 2.65. The van der Waals surface area contributed by atoms with Gasteiger partial charge in [-0.3, -0.25) is 4.79 Å². The Balaban J connectivity index is 2.17. The summed E-state index contributed by atoms with van der Waals surface area (Å²) in [6, 6.07) is 3.14. The van der Waals surface area contributed by atoms with Gasteiger partial charge in [-0.15, -0.1) is 0 Å². The predicted molar refractivity (Wildman–Crippen MR) is 90.5 cm³/mol. The van der Waals surface area contributed by atoms with E-state index in [9.17, 15) is 9.18 Å². The zero-order chi connectivity index (χ0) is 17.4. The summed E-state index contributed by atoms with van der Waals surface area (Å²) in [7, 11) is 1.33. The molecule has 0 amide bonds. The molecule has 0 aliphatic carbocycles. The molecule has 126 valence electrons. The summed E-state index contributed by atoms with van der Waals surface area (Å²) in [6.45, 7) is 3.96. The monoisotopic (exact) mass is 350 g/mol. The lowest BCUT2D eigenvalue weighted by atomic mass is 10.1. The molecule has 1 aliphatic rings. The van der Waals surface area contributed by atoms with Crippen LogP contribution in [0.3, 0.4) is 0 Å². The molecule has 6 nitrogen and oxygen atoms in total. The number of aldehydes is 1. The van der Waals surface area contributed by atoms with E-state index in [0.29, 0.717) is 17.8 Å². The van der Waals surface area contributed by atoms with E-state index in [2.05, 4.69) is 20.6 Å². The number of anilines is 2. The first kappa shape index (κ1) is 16.4. The Morgan fingerprint density at radius 3 is 2.62 bits per heavy atom. The fraction of sp³-hybridized carbons (Fsp3) is 0.312. The maximum atomic E-state index is 14.6. The summed E-state index contributed by atoms with van der Waals surface area (Å²) >= 11 is 5.91. The Labute approximate surface area is 143 Å². The van der Waals surface area contributed by atoms with Crippen molar-refractivity contribution in [3.8, 4) is 17.1 Å². The van der Waals surface area contributed by atoms with Crippen LogP contribution in [-0.2, 0) is 0 Å². The van der Waals surface area contributed by atoms with Gasteiger partial charge in [0.15, 0.2) is 29.5 Å². The standard InChI is InChI=1S/C16H16ClFN4O2/c1-7-8(2)20-16-13(19-7)11(6-23)21-15(22-16)9-4-5-10(17)14(24-3)12(9)18/h4-8,19H,1-3H3,(H,20,21,22). The van der Waals surface area contributed by atoms with Gasteiger partial charge in [0.2, 0.25) is 0 Å². The molecule has 0 fully saturated rings. The van der Waals surface area contributed by atoms with Crippen LogP contribution in [0.4, 0.5) is 15.9 Å². The minimum absolute atomic E-state index is 0.0827. The van der Waals surface area contributed by atoms with E-state index in [1.165, 1.54) is 19.2 Å². The number of carbonyl (C=O) groups excluding carboxylic acids is 1. The molecule has 0 spiro atoms. The molecular formula is C16H16ClFN4O2. The lowest BCUT2D eigenvalue weighted by Gasteiger charge is -2.31. The normalized spacial score (nSPS) is 19.0. The summed E-state index contributed by atoms with van der Waals surface area (Å²) in [6.07, 6.45) is 0.618. The number of halogens is 2. The van der Waals surface area contributed by atoms with Crippen molar-refractivity contribution in [3.05, 3.63) is 28.7 Å². The van der Waals surface area contributed by atoms with Crippen LogP contribution in [0.1, 0.15) is 24.3 Å². The molecule has 2 atom stereocenters. The van der Waals surface area contributed by atoms with E-state index in [1.807, 2.05) is 13.8 Å². The number of aromatic nitrogens is 2. The first-order chi connectivity index (χ1) is 11.5. The van der Waals surface area contributed by atoms with Crippen LogP contribution in [0.25, 0.3) is 11.4 Å². The predicted octanol–water partition coefficient (Wildman–Crippen LogP) is 3.37. The van der Waals surface area contributed by atoms with Crippen LogP contribution in [0.2, 0.25) is 5.02 Å². The van der Waals surface area contributed by atoms with Crippen LogP contribution >= 0.6 is 11.6 Å². The van der Waals surface area contributed by atoms with Crippen LogP contribution in [0, 0.1) is 5.82 Å². The lowest BCUT2D eigenvalue weighted by molar-refractivity contribution is 0.111. The van der Waals surface area contributed by atoms with Gasteiger partial charge in [-0.25, -0.2) is 14.4 Å². The van der Waals surface area contributed by atoms with Gasteiger partial charge in [-0.05, 0) is 26.0 Å². The number of nitrogens with zero attached hydrogens (tertiary/aromatic N) is 2. The van der Waals surface area contributed by atoms with E-state index < -0.39 is 5.82 Å². The number of carbonyl (C=O) groups is 1. The number of ether oxygens (including phenoxy) is 1. The van der Waals surface area contributed by atoms with Crippen molar-refractivity contribution >= 4 is 29.4 Å². The number of nitrogens with one attached hydrogen (secondary N) is 2. The highest BCUT2D eigenvalue weighted by Crippen LogP contribution is 2.36. The molecule has 2 N–H and O–H groups in total. The maximum Gasteiger partial charge on any atom is 0.177 e. The van der Waals surface area contributed by atoms with E-state index in [0.717, 1.165) is 0 Å². The summed E-state index contributed by atoms with van der Waals surface area (Å²) in [5, 5.41) is 6.55. The molecule has 0 saturated heterocycles. The van der Waals surface area contributed by atoms with Crippen LogP contribution in [-0.4, -0.2) is 35.4 Å². The molecule has 24 heavy (non-hydrogen) atoms. The molecule has 1 aliphatic heterocycles. The molecule has 2 heterocycles. The third-order valence-corrected chi connectivity index (χ3v) is 4.33. The van der Waals surface area contributed by atoms with Gasteiger partial charge in [0.1, 0.15) is 11.4 Å². The first-order valence-corrected chi connectivity index (χ1v) is 7.76. The second-order valence-corrected chi connectivity index (χ2v) is 5.99. The average molecular weight is 351 g/mol. The first-order valence-electron chi connectivity index (χ1n) is 7.39. The number of benzene rings is 1. The molecule has 0 saturated carbocycles. The van der Waals surface area contributed by atoms with E-state index in [-0.39, 0.29) is 39.9 Å². The smallest absolute Gasteiger partial charge is 0.177 e. The number of hydrogen-bond acceptors (Lipinski definition) is 6. The minimum Gasteiger partial charge on any atom is -0.492 e. The Bertz CT molecular complexity index is 815. The summed E-state index contributed by atoms with van der Waals surface area (Å²) in [5.41, 5.74) is 0.783. The topological polar surface area (TPSA) is 76.1 Å². The summed E-state index contributed by atoms with van der Waals surface area (Å²) in [5.74, 6) is -0.219. The Morgan fingerprint density at radius 1 is 1.25 bits per heavy atom. The van der Waals surface area contributed by atoms with Crippen molar-refractivity contribution in [2.45, 2.75) is 25.9 Å². The van der Waals surface area contributed by atoms with Gasteiger partial charge < -0.3 is 15.4 Å². The molecule has 1 aromatic carbocycles. The third-order valence-electron chi connectivity index (χ3n) is 4.03. The van der Waals surface area contributed by atoms with Gasteiger partial charge in [-0.1, -0.05) is 11.6 Å². The molecule has 8 heteroatoms. The number of hydrogen-bond donors (Lipinski definition) is 2. The fourth-order valence-electron chi connectivity index (χ4n) is 2.52. The Hall–Kier alpha value is -2.41. The molecular weight excluding hydrogens is 335 g/mol. The highest BCUT2D eigenvalue weighted by atomic mass is 35.5. The number of rotatable bonds is 3. The van der Waals surface area contributed by atoms with Gasteiger partial charge in [-0.2, -0.15) is 0 Å². The van der Waals surface area contributed by atoms with Crippen molar-refractivity contribution < 1.29 is 13.9 Å². The zero-order valence-corrected chi connectivity index (χ0v) is 14.1. The fourth-order valence-corrected chi connectivity index (χ4v) is 2.74. The van der Waals surface area contributed by atoms with Crippen molar-refractivity contribution in [3.63, 3.8) is 0 Å². The highest BCUT2D eigenvalue weighted by molar-refractivity contribution is 6.32. The Morgan fingerprint density at radius 2 is 1.96 bits per heavy atom. The molecule has 1 aromatic heterocycles. The van der Waals surface area contributed by atoms with Crippen molar-refractivity contribution in [2.24, 2.45) is 0 Å². The van der Waals surface area contributed by atoms with E-state index in [1.54, 1.807) is 0 Å². The largest absolute Gasteiger partial charge is 0.492 e. The molecule has 0 radical (unpaired) electrons. The molecule has 3 rings (SSSR count). The van der Waals surface area contributed by atoms with E-state index in [4.69, 9.17) is 16.3 Å². The second-order valence-electron chi connectivity index (χ2n) is 5.58. The highest BCUT2D eigenvalue weighted by Gasteiger charge is 2.26. The van der Waals surface area contributed by atoms with Crippen molar-refractivity contribution in [1.82, 2.24) is 9.97 Å². The van der Waals surface area contributed by atoms with Crippen LogP contribution < -0.4 is 15.4 Å². The lowest BCUT2D eigenvalue weighted by Crippen LogP contribution is -2.39. The van der Waals surface area contributed by atoms with Gasteiger partial charge in [0.05, 0.1) is 17.7 Å². The summed E-state index contributed by atoms with van der Waals surface area (Å²) in [4.78, 5) is 20.0. The van der Waals surface area contributed by atoms with Crippen molar-refractivity contribution in [1.29, 1.82) is 0 Å². The average Bonchev–Trinajstić information content (AvgIpc) is 2.55. The molecule has 2 aromatic rings.